The second-order valence-electron chi connectivity index (χ2n) is 4.13. The Kier molecular flexibility index (Phi) is 2.44. The molecule has 2 heterocycles. The molecule has 2 N–H and O–H groups in total. The molecule has 1 aromatic heterocycles. The second kappa shape index (κ2) is 4.10. The lowest BCUT2D eigenvalue weighted by atomic mass is 10.2. The molecule has 0 spiro atoms. The first kappa shape index (κ1) is 10.7. The fourth-order valence-corrected chi connectivity index (χ4v) is 2.19. The topological polar surface area (TPSA) is 72.1 Å². The van der Waals surface area contributed by atoms with Gasteiger partial charge in [0.2, 0.25) is 0 Å². The highest BCUT2D eigenvalue weighted by molar-refractivity contribution is 6.08. The number of amides is 1. The largest absolute Gasteiger partial charge is 0.382 e. The summed E-state index contributed by atoms with van der Waals surface area (Å²) >= 11 is 0. The van der Waals surface area contributed by atoms with Crippen molar-refractivity contribution in [3.05, 3.63) is 47.9 Å². The predicted molar refractivity (Wildman–Crippen MR) is 68.3 cm³/mol. The van der Waals surface area contributed by atoms with Gasteiger partial charge in [-0.2, -0.15) is 0 Å². The van der Waals surface area contributed by atoms with Crippen molar-refractivity contribution in [3.8, 4) is 0 Å². The summed E-state index contributed by atoms with van der Waals surface area (Å²) < 4.78 is 0. The van der Waals surface area contributed by atoms with E-state index < -0.39 is 0 Å². The number of benzene rings is 1. The normalized spacial score (nSPS) is 13.4. The Morgan fingerprint density at radius 3 is 2.83 bits per heavy atom. The van der Waals surface area contributed by atoms with Gasteiger partial charge in [-0.1, -0.05) is 18.2 Å². The van der Waals surface area contributed by atoms with Crippen LogP contribution >= 0.6 is 0 Å². The number of aromatic nitrogens is 2. The fourth-order valence-electron chi connectivity index (χ4n) is 2.19. The summed E-state index contributed by atoms with van der Waals surface area (Å²) in [6, 6.07) is 7.86. The molecule has 0 saturated heterocycles. The molecule has 1 aliphatic rings. The number of nitrogens with zero attached hydrogens (tertiary/aromatic N) is 3. The second-order valence-corrected chi connectivity index (χ2v) is 4.13. The van der Waals surface area contributed by atoms with E-state index >= 15 is 0 Å². The lowest BCUT2D eigenvalue weighted by Crippen LogP contribution is -2.30. The number of carbonyl (C=O) groups excluding carboxylic acids is 1. The third kappa shape index (κ3) is 1.60. The van der Waals surface area contributed by atoms with E-state index in [1.54, 1.807) is 4.90 Å². The number of anilines is 2. The highest BCUT2D eigenvalue weighted by atomic mass is 16.2. The molecule has 1 aliphatic heterocycles. The summed E-state index contributed by atoms with van der Waals surface area (Å²) in [6.07, 6.45) is 3.82. The Balaban J connectivity index is 1.99. The molecule has 1 amide bonds. The van der Waals surface area contributed by atoms with Gasteiger partial charge in [-0.15, -0.1) is 0 Å². The monoisotopic (exact) mass is 240 g/mol. The van der Waals surface area contributed by atoms with Crippen LogP contribution < -0.4 is 10.6 Å². The minimum absolute atomic E-state index is 0.173. The van der Waals surface area contributed by atoms with Gasteiger partial charge in [0.05, 0.1) is 0 Å². The van der Waals surface area contributed by atoms with Gasteiger partial charge < -0.3 is 10.6 Å². The van der Waals surface area contributed by atoms with E-state index in [9.17, 15) is 4.79 Å². The third-order valence-corrected chi connectivity index (χ3v) is 3.06. The number of para-hydroxylation sites is 1. The number of nitrogen functional groups attached to an aromatic ring is 1. The molecule has 2 aromatic rings. The van der Waals surface area contributed by atoms with E-state index in [1.807, 2.05) is 24.3 Å². The SMILES string of the molecule is Nc1nccnc1C(=O)N1CCc2ccccc21. The van der Waals surface area contributed by atoms with Crippen LogP contribution in [0.25, 0.3) is 0 Å². The van der Waals surface area contributed by atoms with Crippen LogP contribution in [0.2, 0.25) is 0 Å². The molecule has 0 radical (unpaired) electrons. The molecular weight excluding hydrogens is 228 g/mol. The highest BCUT2D eigenvalue weighted by Gasteiger charge is 2.27. The van der Waals surface area contributed by atoms with Crippen LogP contribution in [0.15, 0.2) is 36.7 Å². The third-order valence-electron chi connectivity index (χ3n) is 3.06. The quantitative estimate of drug-likeness (QED) is 0.814. The zero-order chi connectivity index (χ0) is 12.5. The van der Waals surface area contributed by atoms with Crippen molar-refractivity contribution >= 4 is 17.4 Å². The van der Waals surface area contributed by atoms with Crippen LogP contribution in [0.3, 0.4) is 0 Å². The lowest BCUT2D eigenvalue weighted by Gasteiger charge is -2.17. The van der Waals surface area contributed by atoms with Crippen molar-refractivity contribution in [2.45, 2.75) is 6.42 Å². The average Bonchev–Trinajstić information content (AvgIpc) is 2.82. The van der Waals surface area contributed by atoms with Crippen molar-refractivity contribution < 1.29 is 4.79 Å². The van der Waals surface area contributed by atoms with Gasteiger partial charge in [-0.3, -0.25) is 4.79 Å². The maximum Gasteiger partial charge on any atom is 0.280 e. The minimum Gasteiger partial charge on any atom is -0.382 e. The van der Waals surface area contributed by atoms with Crippen LogP contribution in [-0.4, -0.2) is 22.4 Å². The van der Waals surface area contributed by atoms with Gasteiger partial charge in [0.15, 0.2) is 11.5 Å². The van der Waals surface area contributed by atoms with Crippen LogP contribution in [0.1, 0.15) is 16.1 Å². The van der Waals surface area contributed by atoms with E-state index in [4.69, 9.17) is 5.73 Å². The maximum absolute atomic E-state index is 12.4. The first-order chi connectivity index (χ1) is 8.77. The van der Waals surface area contributed by atoms with Crippen LogP contribution in [0.4, 0.5) is 11.5 Å². The molecule has 5 heteroatoms. The number of hydrogen-bond acceptors (Lipinski definition) is 4. The van der Waals surface area contributed by atoms with Gasteiger partial charge in [0.1, 0.15) is 0 Å². The summed E-state index contributed by atoms with van der Waals surface area (Å²) in [4.78, 5) is 22.0. The molecule has 0 atom stereocenters. The Morgan fingerprint density at radius 2 is 2.00 bits per heavy atom. The molecular formula is C13H12N4O. The zero-order valence-electron chi connectivity index (χ0n) is 9.71. The van der Waals surface area contributed by atoms with E-state index in [-0.39, 0.29) is 17.4 Å². The number of nitrogens with two attached hydrogens (primary N) is 1. The average molecular weight is 240 g/mol. The molecule has 0 aliphatic carbocycles. The van der Waals surface area contributed by atoms with Crippen LogP contribution in [-0.2, 0) is 6.42 Å². The smallest absolute Gasteiger partial charge is 0.280 e. The summed E-state index contributed by atoms with van der Waals surface area (Å²) in [5.74, 6) is -0.0163. The van der Waals surface area contributed by atoms with E-state index in [2.05, 4.69) is 9.97 Å². The Labute approximate surface area is 104 Å². The molecule has 3 rings (SSSR count). The first-order valence-corrected chi connectivity index (χ1v) is 5.73. The minimum atomic E-state index is -0.189. The van der Waals surface area contributed by atoms with Gasteiger partial charge in [-0.05, 0) is 18.1 Å². The molecule has 1 aromatic carbocycles. The van der Waals surface area contributed by atoms with Crippen molar-refractivity contribution in [1.29, 1.82) is 0 Å². The summed E-state index contributed by atoms with van der Waals surface area (Å²) in [5, 5.41) is 0. The number of carbonyl (C=O) groups is 1. The molecule has 90 valence electrons. The van der Waals surface area contributed by atoms with Gasteiger partial charge in [0, 0.05) is 24.6 Å². The molecule has 0 fully saturated rings. The summed E-state index contributed by atoms with van der Waals surface area (Å²) in [5.41, 5.74) is 8.02. The Hall–Kier alpha value is -2.43. The lowest BCUT2D eigenvalue weighted by molar-refractivity contribution is 0.0985. The summed E-state index contributed by atoms with van der Waals surface area (Å²) in [6.45, 7) is 0.661. The van der Waals surface area contributed by atoms with Crippen molar-refractivity contribution in [1.82, 2.24) is 9.97 Å². The number of rotatable bonds is 1. The fraction of sp³-hybridized carbons (Fsp3) is 0.154. The zero-order valence-corrected chi connectivity index (χ0v) is 9.71. The van der Waals surface area contributed by atoms with Gasteiger partial charge in [-0.25, -0.2) is 9.97 Å². The van der Waals surface area contributed by atoms with E-state index in [0.29, 0.717) is 6.54 Å². The molecule has 0 saturated carbocycles. The molecule has 18 heavy (non-hydrogen) atoms. The van der Waals surface area contributed by atoms with E-state index in [0.717, 1.165) is 12.1 Å². The molecule has 0 bridgehead atoms. The molecule has 5 nitrogen and oxygen atoms in total. The van der Waals surface area contributed by atoms with Crippen LogP contribution in [0, 0.1) is 0 Å². The van der Waals surface area contributed by atoms with Crippen molar-refractivity contribution in [3.63, 3.8) is 0 Å². The number of fused-ring (bicyclic) bond motifs is 1. The first-order valence-electron chi connectivity index (χ1n) is 5.73. The summed E-state index contributed by atoms with van der Waals surface area (Å²) in [7, 11) is 0. The standard InChI is InChI=1S/C13H12N4O/c14-12-11(15-6-7-16-12)13(18)17-8-5-9-3-1-2-4-10(9)17/h1-4,6-7H,5,8H2,(H2,14,16). The van der Waals surface area contributed by atoms with Crippen molar-refractivity contribution in [2.24, 2.45) is 0 Å². The van der Waals surface area contributed by atoms with Crippen LogP contribution in [0.5, 0.6) is 0 Å². The Morgan fingerprint density at radius 1 is 1.22 bits per heavy atom. The number of hydrogen-bond donors (Lipinski definition) is 1. The molecule has 0 unspecified atom stereocenters. The Bertz CT molecular complexity index is 611. The predicted octanol–water partition coefficient (Wildman–Crippen LogP) is 1.26. The highest BCUT2D eigenvalue weighted by Crippen LogP contribution is 2.28. The van der Waals surface area contributed by atoms with Crippen molar-refractivity contribution in [2.75, 3.05) is 17.2 Å². The van der Waals surface area contributed by atoms with Gasteiger partial charge in [0.25, 0.3) is 5.91 Å². The van der Waals surface area contributed by atoms with E-state index in [1.165, 1.54) is 18.0 Å². The maximum atomic E-state index is 12.4. The van der Waals surface area contributed by atoms with Gasteiger partial charge >= 0.3 is 0 Å².